The molecule has 1 heterocycles. The van der Waals surface area contributed by atoms with Gasteiger partial charge in [-0.1, -0.05) is 36.1 Å². The number of aromatic nitrogens is 2. The molecule has 1 aromatic heterocycles. The lowest BCUT2D eigenvalue weighted by Gasteiger charge is -1.97. The van der Waals surface area contributed by atoms with Crippen molar-refractivity contribution in [3.63, 3.8) is 0 Å². The molecule has 1 aromatic rings. The van der Waals surface area contributed by atoms with E-state index in [9.17, 15) is 4.79 Å². The summed E-state index contributed by atoms with van der Waals surface area (Å²) in [5.74, 6) is 0.644. The molecule has 0 aliphatic rings. The minimum absolute atomic E-state index is 0.139. The van der Waals surface area contributed by atoms with Gasteiger partial charge in [-0.2, -0.15) is 0 Å². The molecule has 1 amide bonds. The highest BCUT2D eigenvalue weighted by molar-refractivity contribution is 8.01. The van der Waals surface area contributed by atoms with Crippen molar-refractivity contribution < 1.29 is 4.79 Å². The number of thioether (sulfide) groups is 1. The summed E-state index contributed by atoms with van der Waals surface area (Å²) in [6.07, 6.45) is 2.71. The Labute approximate surface area is 97.2 Å². The zero-order chi connectivity index (χ0) is 11.1. The van der Waals surface area contributed by atoms with E-state index in [2.05, 4.69) is 22.1 Å². The van der Waals surface area contributed by atoms with Gasteiger partial charge in [-0.05, 0) is 6.42 Å². The molecule has 0 saturated carbocycles. The van der Waals surface area contributed by atoms with E-state index in [0.29, 0.717) is 11.6 Å². The predicted octanol–water partition coefficient (Wildman–Crippen LogP) is 1.96. The number of carbonyl (C=O) groups is 1. The van der Waals surface area contributed by atoms with Gasteiger partial charge in [0.25, 0.3) is 5.91 Å². The van der Waals surface area contributed by atoms with Crippen LogP contribution >= 0.6 is 23.1 Å². The third-order valence-corrected chi connectivity index (χ3v) is 3.51. The number of nitrogens with one attached hydrogen (secondary N) is 1. The molecule has 0 atom stereocenters. The Hall–Kier alpha value is -0.880. The predicted molar refractivity (Wildman–Crippen MR) is 63.5 cm³/mol. The van der Waals surface area contributed by atoms with Crippen molar-refractivity contribution in [2.75, 3.05) is 12.3 Å². The normalized spacial score (nSPS) is 9.93. The van der Waals surface area contributed by atoms with Crippen molar-refractivity contribution >= 4 is 29.0 Å². The highest BCUT2D eigenvalue weighted by Gasteiger charge is 2.11. The number of amides is 1. The van der Waals surface area contributed by atoms with Crippen molar-refractivity contribution in [1.82, 2.24) is 15.5 Å². The third kappa shape index (κ3) is 4.01. The zero-order valence-electron chi connectivity index (χ0n) is 8.52. The minimum atomic E-state index is -0.139. The van der Waals surface area contributed by atoms with Gasteiger partial charge < -0.3 is 5.32 Å². The number of hydrogen-bond acceptors (Lipinski definition) is 5. The number of carbonyl (C=O) groups excluding carboxylic acids is 1. The maximum Gasteiger partial charge on any atom is 0.282 e. The summed E-state index contributed by atoms with van der Waals surface area (Å²) in [6.45, 7) is 6.29. The summed E-state index contributed by atoms with van der Waals surface area (Å²) < 4.78 is 0.802. The fourth-order valence-corrected chi connectivity index (χ4v) is 2.33. The average molecular weight is 243 g/mol. The molecule has 0 aliphatic heterocycles. The Morgan fingerprint density at radius 2 is 2.47 bits per heavy atom. The maximum absolute atomic E-state index is 11.5. The van der Waals surface area contributed by atoms with Crippen LogP contribution in [0.1, 0.15) is 23.1 Å². The fourth-order valence-electron chi connectivity index (χ4n) is 0.804. The highest BCUT2D eigenvalue weighted by atomic mass is 32.2. The van der Waals surface area contributed by atoms with Crippen LogP contribution in [0.5, 0.6) is 0 Å². The van der Waals surface area contributed by atoms with Gasteiger partial charge in [0.15, 0.2) is 4.34 Å². The van der Waals surface area contributed by atoms with Gasteiger partial charge in [0.05, 0.1) is 0 Å². The Balaban J connectivity index is 2.51. The Morgan fingerprint density at radius 3 is 3.13 bits per heavy atom. The van der Waals surface area contributed by atoms with Gasteiger partial charge in [-0.15, -0.1) is 16.8 Å². The molecule has 0 fully saturated rings. The number of nitrogens with zero attached hydrogens (tertiary/aromatic N) is 2. The van der Waals surface area contributed by atoms with Gasteiger partial charge in [0.1, 0.15) is 0 Å². The molecular formula is C9H13N3OS2. The lowest BCUT2D eigenvalue weighted by molar-refractivity contribution is 0.0952. The first-order valence-electron chi connectivity index (χ1n) is 4.63. The summed E-state index contributed by atoms with van der Waals surface area (Å²) >= 11 is 2.84. The minimum Gasteiger partial charge on any atom is -0.350 e. The van der Waals surface area contributed by atoms with Gasteiger partial charge >= 0.3 is 0 Å². The van der Waals surface area contributed by atoms with E-state index in [-0.39, 0.29) is 5.91 Å². The van der Waals surface area contributed by atoms with Gasteiger partial charge in [-0.3, -0.25) is 4.79 Å². The number of hydrogen-bond donors (Lipinski definition) is 1. The lowest BCUT2D eigenvalue weighted by atomic mass is 10.5. The van der Waals surface area contributed by atoms with Gasteiger partial charge in [0, 0.05) is 12.3 Å². The van der Waals surface area contributed by atoms with Gasteiger partial charge in [-0.25, -0.2) is 0 Å². The molecule has 1 N–H and O–H groups in total. The van der Waals surface area contributed by atoms with E-state index in [4.69, 9.17) is 0 Å². The molecule has 82 valence electrons. The van der Waals surface area contributed by atoms with E-state index in [1.807, 2.05) is 6.92 Å². The summed E-state index contributed by atoms with van der Waals surface area (Å²) in [4.78, 5) is 11.5. The molecule has 0 aromatic carbocycles. The third-order valence-electron chi connectivity index (χ3n) is 1.46. The summed E-state index contributed by atoms with van der Waals surface area (Å²) in [5.41, 5.74) is 0. The van der Waals surface area contributed by atoms with Crippen molar-refractivity contribution in [3.05, 3.63) is 17.7 Å². The Morgan fingerprint density at radius 1 is 1.67 bits per heavy atom. The summed E-state index contributed by atoms with van der Waals surface area (Å²) in [5, 5.41) is 10.9. The first kappa shape index (κ1) is 12.2. The monoisotopic (exact) mass is 243 g/mol. The van der Waals surface area contributed by atoms with Crippen LogP contribution in [0.2, 0.25) is 0 Å². The molecule has 0 spiro atoms. The molecule has 0 aliphatic carbocycles. The lowest BCUT2D eigenvalue weighted by Crippen LogP contribution is -2.23. The highest BCUT2D eigenvalue weighted by Crippen LogP contribution is 2.21. The first-order valence-corrected chi connectivity index (χ1v) is 6.43. The topological polar surface area (TPSA) is 54.9 Å². The largest absolute Gasteiger partial charge is 0.350 e. The molecule has 0 unspecified atom stereocenters. The molecular weight excluding hydrogens is 230 g/mol. The van der Waals surface area contributed by atoms with E-state index >= 15 is 0 Å². The van der Waals surface area contributed by atoms with Crippen LogP contribution in [0.3, 0.4) is 0 Å². The Kier molecular flexibility index (Phi) is 5.34. The van der Waals surface area contributed by atoms with Gasteiger partial charge in [0.2, 0.25) is 5.01 Å². The Bertz CT molecular complexity index is 338. The number of rotatable bonds is 6. The second kappa shape index (κ2) is 6.58. The van der Waals surface area contributed by atoms with Crippen LogP contribution < -0.4 is 5.32 Å². The smallest absolute Gasteiger partial charge is 0.282 e. The van der Waals surface area contributed by atoms with Crippen molar-refractivity contribution in [3.8, 4) is 0 Å². The SMILES string of the molecule is C=CCSc1nnc(C(=O)NCCC)s1. The zero-order valence-corrected chi connectivity index (χ0v) is 10.2. The molecule has 1 rings (SSSR count). The van der Waals surface area contributed by atoms with Crippen molar-refractivity contribution in [2.24, 2.45) is 0 Å². The maximum atomic E-state index is 11.5. The molecule has 15 heavy (non-hydrogen) atoms. The van der Waals surface area contributed by atoms with E-state index < -0.39 is 0 Å². The van der Waals surface area contributed by atoms with E-state index in [1.54, 1.807) is 6.08 Å². The van der Waals surface area contributed by atoms with Crippen LogP contribution in [-0.4, -0.2) is 28.4 Å². The van der Waals surface area contributed by atoms with E-state index in [0.717, 1.165) is 16.5 Å². The van der Waals surface area contributed by atoms with Crippen LogP contribution in [0, 0.1) is 0 Å². The van der Waals surface area contributed by atoms with Crippen LogP contribution in [0.4, 0.5) is 0 Å². The molecule has 6 heteroatoms. The second-order valence-electron chi connectivity index (χ2n) is 2.73. The fraction of sp³-hybridized carbons (Fsp3) is 0.444. The molecule has 4 nitrogen and oxygen atoms in total. The molecule has 0 radical (unpaired) electrons. The van der Waals surface area contributed by atoms with Crippen LogP contribution in [0.15, 0.2) is 17.0 Å². The van der Waals surface area contributed by atoms with Crippen molar-refractivity contribution in [1.29, 1.82) is 0 Å². The standard InChI is InChI=1S/C9H13N3OS2/c1-3-5-10-7(13)8-11-12-9(15-8)14-6-4-2/h4H,2-3,5-6H2,1H3,(H,10,13). The summed E-state index contributed by atoms with van der Waals surface area (Å²) in [6, 6.07) is 0. The quantitative estimate of drug-likeness (QED) is 0.613. The second-order valence-corrected chi connectivity index (χ2v) is 4.97. The van der Waals surface area contributed by atoms with E-state index in [1.165, 1.54) is 23.1 Å². The van der Waals surface area contributed by atoms with Crippen molar-refractivity contribution in [2.45, 2.75) is 17.7 Å². The summed E-state index contributed by atoms with van der Waals surface area (Å²) in [7, 11) is 0. The van der Waals surface area contributed by atoms with Crippen LogP contribution in [-0.2, 0) is 0 Å². The first-order chi connectivity index (χ1) is 7.27. The molecule has 0 bridgehead atoms. The van der Waals surface area contributed by atoms with Crippen LogP contribution in [0.25, 0.3) is 0 Å². The average Bonchev–Trinajstić information content (AvgIpc) is 2.71. The molecule has 0 saturated heterocycles.